The van der Waals surface area contributed by atoms with Crippen LogP contribution >= 0.6 is 11.3 Å². The summed E-state index contributed by atoms with van der Waals surface area (Å²) in [5.74, 6) is 2.28. The van der Waals surface area contributed by atoms with Crippen molar-refractivity contribution in [3.05, 3.63) is 182 Å². The van der Waals surface area contributed by atoms with Crippen molar-refractivity contribution in [2.75, 3.05) is 0 Å². The van der Waals surface area contributed by atoms with Crippen molar-refractivity contribution in [3.8, 4) is 62.5 Å². The molecule has 0 aliphatic carbocycles. The van der Waals surface area contributed by atoms with E-state index in [9.17, 15) is 0 Å². The van der Waals surface area contributed by atoms with Crippen LogP contribution in [0.1, 0.15) is 0 Å². The molecule has 7 heteroatoms. The maximum atomic E-state index is 5.36. The van der Waals surface area contributed by atoms with Crippen molar-refractivity contribution in [3.63, 3.8) is 0 Å². The van der Waals surface area contributed by atoms with Gasteiger partial charge in [0.1, 0.15) is 5.69 Å². The van der Waals surface area contributed by atoms with Gasteiger partial charge in [0.05, 0.1) is 21.3 Å². The lowest BCUT2D eigenvalue weighted by molar-refractivity contribution is 1.06. The molecule has 11 rings (SSSR count). The van der Waals surface area contributed by atoms with Gasteiger partial charge in [-0.15, -0.1) is 11.3 Å². The van der Waals surface area contributed by atoms with Crippen LogP contribution in [-0.2, 0) is 0 Å². The van der Waals surface area contributed by atoms with E-state index in [2.05, 4.69) is 150 Å². The van der Waals surface area contributed by atoms with E-state index in [-0.39, 0.29) is 0 Å². The van der Waals surface area contributed by atoms with Gasteiger partial charge in [0.2, 0.25) is 0 Å². The van der Waals surface area contributed by atoms with E-state index in [1.165, 1.54) is 5.39 Å². The Bertz CT molecular complexity index is 3250. The second-order valence-corrected chi connectivity index (χ2v) is 14.8. The minimum atomic E-state index is 0.501. The average molecular weight is 735 g/mol. The van der Waals surface area contributed by atoms with Crippen LogP contribution in [0.2, 0.25) is 0 Å². The Morgan fingerprint density at radius 1 is 0.357 bits per heavy atom. The zero-order chi connectivity index (χ0) is 37.0. The van der Waals surface area contributed by atoms with Crippen molar-refractivity contribution in [2.24, 2.45) is 0 Å². The first kappa shape index (κ1) is 32.1. The Labute approximate surface area is 326 Å². The van der Waals surface area contributed by atoms with Crippen LogP contribution in [-0.4, -0.2) is 29.5 Å². The summed E-state index contributed by atoms with van der Waals surface area (Å²) in [5, 5.41) is 3.38. The second kappa shape index (κ2) is 13.2. The van der Waals surface area contributed by atoms with Crippen LogP contribution in [0.5, 0.6) is 0 Å². The summed E-state index contributed by atoms with van der Waals surface area (Å²) in [7, 11) is 0. The van der Waals surface area contributed by atoms with E-state index < -0.39 is 0 Å². The minimum absolute atomic E-state index is 0.501. The minimum Gasteiger partial charge on any atom is -0.309 e. The number of hydrogen-bond acceptors (Lipinski definition) is 6. The molecule has 0 aliphatic rings. The third kappa shape index (κ3) is 5.44. The third-order valence-electron chi connectivity index (χ3n) is 10.3. The highest BCUT2D eigenvalue weighted by molar-refractivity contribution is 7.26. The number of aromatic nitrogens is 6. The van der Waals surface area contributed by atoms with Crippen LogP contribution in [0, 0.1) is 0 Å². The average Bonchev–Trinajstić information content (AvgIpc) is 3.82. The molecule has 11 aromatic rings. The molecule has 4 aromatic heterocycles. The molecule has 262 valence electrons. The Morgan fingerprint density at radius 2 is 0.929 bits per heavy atom. The lowest BCUT2D eigenvalue weighted by Gasteiger charge is -2.11. The lowest BCUT2D eigenvalue weighted by Crippen LogP contribution is -2.03. The van der Waals surface area contributed by atoms with Crippen LogP contribution in [0.15, 0.2) is 182 Å². The number of fused-ring (bicyclic) bond motifs is 6. The van der Waals surface area contributed by atoms with Gasteiger partial charge in [-0.3, -0.25) is 0 Å². The standard InChI is InChI=1S/C49H30N6S/c1-4-15-31(16-5-1)33-19-14-20-34(29-33)48-52-46(32-17-6-2-7-18-32)53-49(54-48)44-45-43(38-24-11-13-26-42(38)56-45)50-47(51-44)35-27-28-41-39(30-35)37-23-10-12-25-40(37)55(41)36-21-8-3-9-22-36/h1-30H. The summed E-state index contributed by atoms with van der Waals surface area (Å²) in [6.45, 7) is 0. The highest BCUT2D eigenvalue weighted by Gasteiger charge is 2.22. The molecule has 0 spiro atoms. The third-order valence-corrected chi connectivity index (χ3v) is 11.4. The molecule has 0 unspecified atom stereocenters. The van der Waals surface area contributed by atoms with Gasteiger partial charge in [-0.05, 0) is 59.7 Å². The van der Waals surface area contributed by atoms with Gasteiger partial charge >= 0.3 is 0 Å². The van der Waals surface area contributed by atoms with Crippen LogP contribution < -0.4 is 0 Å². The lowest BCUT2D eigenvalue weighted by atomic mass is 10.0. The highest BCUT2D eigenvalue weighted by Crippen LogP contribution is 2.40. The summed E-state index contributed by atoms with van der Waals surface area (Å²) in [4.78, 5) is 26.1. The van der Waals surface area contributed by atoms with Crippen molar-refractivity contribution >= 4 is 53.4 Å². The zero-order valence-corrected chi connectivity index (χ0v) is 30.7. The normalized spacial score (nSPS) is 11.6. The van der Waals surface area contributed by atoms with Crippen LogP contribution in [0.25, 0.3) is 105 Å². The van der Waals surface area contributed by atoms with E-state index in [0.717, 1.165) is 70.2 Å². The SMILES string of the molecule is c1ccc(-c2cccc(-c3nc(-c4ccccc4)nc(-c4nc(-c5ccc6c(c5)c5ccccc5n6-c5ccccc5)nc5c4sc4ccccc45)n3)c2)cc1. The summed E-state index contributed by atoms with van der Waals surface area (Å²) in [6, 6.07) is 62.8. The number of thiophene rings is 1. The van der Waals surface area contributed by atoms with Gasteiger partial charge in [-0.1, -0.05) is 133 Å². The molecule has 0 saturated carbocycles. The smallest absolute Gasteiger partial charge is 0.184 e. The maximum Gasteiger partial charge on any atom is 0.184 e. The summed E-state index contributed by atoms with van der Waals surface area (Å²) in [5.41, 5.74) is 9.88. The molecule has 0 bridgehead atoms. The number of nitrogens with zero attached hydrogens (tertiary/aromatic N) is 6. The predicted octanol–water partition coefficient (Wildman–Crippen LogP) is 12.5. The fraction of sp³-hybridized carbons (Fsp3) is 0. The van der Waals surface area contributed by atoms with E-state index in [4.69, 9.17) is 24.9 Å². The molecular formula is C49H30N6S. The van der Waals surface area contributed by atoms with Gasteiger partial charge < -0.3 is 4.57 Å². The number of para-hydroxylation sites is 2. The molecule has 0 saturated heterocycles. The molecular weight excluding hydrogens is 705 g/mol. The first-order chi connectivity index (χ1) is 27.7. The molecule has 0 N–H and O–H groups in total. The quantitative estimate of drug-likeness (QED) is 0.170. The van der Waals surface area contributed by atoms with Crippen LogP contribution in [0.4, 0.5) is 0 Å². The molecule has 56 heavy (non-hydrogen) atoms. The molecule has 0 fully saturated rings. The van der Waals surface area contributed by atoms with Gasteiger partial charge in [0, 0.05) is 43.2 Å². The van der Waals surface area contributed by atoms with Crippen molar-refractivity contribution in [1.29, 1.82) is 0 Å². The van der Waals surface area contributed by atoms with E-state index in [0.29, 0.717) is 29.0 Å². The zero-order valence-electron chi connectivity index (χ0n) is 29.9. The molecule has 0 radical (unpaired) electrons. The molecule has 4 heterocycles. The Morgan fingerprint density at radius 3 is 1.73 bits per heavy atom. The second-order valence-electron chi connectivity index (χ2n) is 13.7. The van der Waals surface area contributed by atoms with E-state index >= 15 is 0 Å². The summed E-state index contributed by atoms with van der Waals surface area (Å²) in [6.07, 6.45) is 0. The number of benzene rings is 7. The Hall–Kier alpha value is -7.35. The fourth-order valence-electron chi connectivity index (χ4n) is 7.63. The van der Waals surface area contributed by atoms with Crippen molar-refractivity contribution < 1.29 is 0 Å². The highest BCUT2D eigenvalue weighted by atomic mass is 32.1. The molecule has 6 nitrogen and oxygen atoms in total. The van der Waals surface area contributed by atoms with E-state index in [1.807, 2.05) is 36.4 Å². The molecule has 0 atom stereocenters. The molecule has 7 aromatic carbocycles. The van der Waals surface area contributed by atoms with Gasteiger partial charge in [-0.2, -0.15) is 0 Å². The van der Waals surface area contributed by atoms with Crippen LogP contribution in [0.3, 0.4) is 0 Å². The first-order valence-electron chi connectivity index (χ1n) is 18.5. The van der Waals surface area contributed by atoms with Crippen molar-refractivity contribution in [1.82, 2.24) is 29.5 Å². The Kier molecular flexibility index (Phi) is 7.57. The fourth-order valence-corrected chi connectivity index (χ4v) is 8.76. The largest absolute Gasteiger partial charge is 0.309 e. The molecule has 0 aliphatic heterocycles. The topological polar surface area (TPSA) is 69.4 Å². The van der Waals surface area contributed by atoms with E-state index in [1.54, 1.807) is 11.3 Å². The van der Waals surface area contributed by atoms with Gasteiger partial charge in [0.25, 0.3) is 0 Å². The predicted molar refractivity (Wildman–Crippen MR) is 230 cm³/mol. The Balaban J connectivity index is 1.15. The number of hydrogen-bond donors (Lipinski definition) is 0. The monoisotopic (exact) mass is 734 g/mol. The molecule has 0 amide bonds. The van der Waals surface area contributed by atoms with Crippen molar-refractivity contribution in [2.45, 2.75) is 0 Å². The van der Waals surface area contributed by atoms with Gasteiger partial charge in [-0.25, -0.2) is 24.9 Å². The first-order valence-corrected chi connectivity index (χ1v) is 19.3. The number of rotatable bonds is 6. The summed E-state index contributed by atoms with van der Waals surface area (Å²) >= 11 is 1.67. The summed E-state index contributed by atoms with van der Waals surface area (Å²) < 4.78 is 4.39. The maximum absolute atomic E-state index is 5.36. The van der Waals surface area contributed by atoms with Gasteiger partial charge in [0.15, 0.2) is 23.3 Å².